The molecule has 2 N–H and O–H groups in total. The van der Waals surface area contributed by atoms with E-state index in [-0.39, 0.29) is 6.04 Å². The number of aromatic nitrogens is 1. The highest BCUT2D eigenvalue weighted by molar-refractivity contribution is 7.13. The van der Waals surface area contributed by atoms with Crippen molar-refractivity contribution in [1.82, 2.24) is 4.98 Å². The maximum Gasteiger partial charge on any atom is 0.185 e. The van der Waals surface area contributed by atoms with E-state index < -0.39 is 0 Å². The fourth-order valence-electron chi connectivity index (χ4n) is 1.97. The molecule has 1 aliphatic rings. The highest BCUT2D eigenvalue weighted by atomic mass is 32.1. The van der Waals surface area contributed by atoms with Crippen molar-refractivity contribution in [3.8, 4) is 0 Å². The molecule has 2 atom stereocenters. The minimum atomic E-state index is 0.0552. The quantitative estimate of drug-likeness (QED) is 0.859. The summed E-state index contributed by atoms with van der Waals surface area (Å²) in [6, 6.07) is 0.0552. The molecule has 0 radical (unpaired) electrons. The van der Waals surface area contributed by atoms with E-state index >= 15 is 0 Å². The van der Waals surface area contributed by atoms with E-state index in [2.05, 4.69) is 22.2 Å². The van der Waals surface area contributed by atoms with Crippen LogP contribution in [0.15, 0.2) is 5.38 Å². The number of thiazole rings is 1. The summed E-state index contributed by atoms with van der Waals surface area (Å²) in [7, 11) is 0. The van der Waals surface area contributed by atoms with Gasteiger partial charge in [-0.15, -0.1) is 11.3 Å². The summed E-state index contributed by atoms with van der Waals surface area (Å²) < 4.78 is 0. The summed E-state index contributed by atoms with van der Waals surface area (Å²) in [5.74, 6) is 0.854. The molecule has 3 nitrogen and oxygen atoms in total. The first-order chi connectivity index (χ1) is 7.20. The maximum absolute atomic E-state index is 5.80. The highest BCUT2D eigenvalue weighted by Crippen LogP contribution is 2.29. The van der Waals surface area contributed by atoms with Crippen LogP contribution in [-0.2, 0) is 0 Å². The summed E-state index contributed by atoms with van der Waals surface area (Å²) in [5, 5.41) is 3.23. The van der Waals surface area contributed by atoms with Crippen LogP contribution in [0.2, 0.25) is 0 Å². The molecule has 1 fully saturated rings. The second kappa shape index (κ2) is 4.49. The zero-order chi connectivity index (χ0) is 10.8. The average molecular weight is 225 g/mol. The number of nitrogens with two attached hydrogens (primary N) is 1. The molecule has 0 saturated carbocycles. The topological polar surface area (TPSA) is 42.2 Å². The lowest BCUT2D eigenvalue weighted by atomic mass is 10.1. The lowest BCUT2D eigenvalue weighted by molar-refractivity contribution is 0.569. The van der Waals surface area contributed by atoms with Crippen LogP contribution in [0.1, 0.15) is 38.4 Å². The summed E-state index contributed by atoms with van der Waals surface area (Å²) in [5.41, 5.74) is 6.83. The van der Waals surface area contributed by atoms with E-state index in [4.69, 9.17) is 5.73 Å². The van der Waals surface area contributed by atoms with Crippen LogP contribution < -0.4 is 10.6 Å². The van der Waals surface area contributed by atoms with Crippen molar-refractivity contribution in [1.29, 1.82) is 0 Å². The molecule has 1 aromatic rings. The summed E-state index contributed by atoms with van der Waals surface area (Å²) in [4.78, 5) is 6.97. The number of hydrogen-bond donors (Lipinski definition) is 1. The molecule has 15 heavy (non-hydrogen) atoms. The molecule has 2 rings (SSSR count). The Morgan fingerprint density at radius 2 is 2.53 bits per heavy atom. The van der Waals surface area contributed by atoms with Crippen LogP contribution >= 0.6 is 11.3 Å². The molecule has 2 heterocycles. The summed E-state index contributed by atoms with van der Waals surface area (Å²) in [6.45, 7) is 6.58. The predicted octanol–water partition coefficient (Wildman–Crippen LogP) is 2.40. The van der Waals surface area contributed by atoms with E-state index in [0.29, 0.717) is 0 Å². The molecule has 2 unspecified atom stereocenters. The van der Waals surface area contributed by atoms with Crippen LogP contribution in [0.25, 0.3) is 0 Å². The van der Waals surface area contributed by atoms with Crippen LogP contribution in [0.4, 0.5) is 5.13 Å². The lowest BCUT2D eigenvalue weighted by Gasteiger charge is -2.14. The Balaban J connectivity index is 2.04. The number of nitrogens with zero attached hydrogens (tertiary/aromatic N) is 2. The molecule has 1 aromatic heterocycles. The van der Waals surface area contributed by atoms with Crippen molar-refractivity contribution in [3.63, 3.8) is 0 Å². The fourth-order valence-corrected chi connectivity index (χ4v) is 2.94. The number of hydrogen-bond acceptors (Lipinski definition) is 4. The van der Waals surface area contributed by atoms with Crippen molar-refractivity contribution in [2.75, 3.05) is 18.0 Å². The number of anilines is 1. The van der Waals surface area contributed by atoms with Gasteiger partial charge in [-0.25, -0.2) is 4.98 Å². The van der Waals surface area contributed by atoms with E-state index in [1.807, 2.05) is 6.92 Å². The summed E-state index contributed by atoms with van der Waals surface area (Å²) in [6.07, 6.45) is 2.59. The van der Waals surface area contributed by atoms with Gasteiger partial charge in [-0.2, -0.15) is 0 Å². The van der Waals surface area contributed by atoms with E-state index in [1.54, 1.807) is 11.3 Å². The van der Waals surface area contributed by atoms with Gasteiger partial charge in [0, 0.05) is 24.5 Å². The molecule has 0 spiro atoms. The van der Waals surface area contributed by atoms with Crippen molar-refractivity contribution >= 4 is 16.5 Å². The van der Waals surface area contributed by atoms with E-state index in [0.717, 1.165) is 23.3 Å². The fraction of sp³-hybridized carbons (Fsp3) is 0.727. The molecule has 0 aromatic carbocycles. The Hall–Kier alpha value is -0.610. The first-order valence-corrected chi connectivity index (χ1v) is 6.54. The maximum atomic E-state index is 5.80. The zero-order valence-electron chi connectivity index (χ0n) is 9.44. The molecule has 4 heteroatoms. The predicted molar refractivity (Wildman–Crippen MR) is 65.3 cm³/mol. The molecule has 0 amide bonds. The normalized spacial score (nSPS) is 23.4. The zero-order valence-corrected chi connectivity index (χ0v) is 10.3. The van der Waals surface area contributed by atoms with Gasteiger partial charge in [-0.05, 0) is 19.3 Å². The van der Waals surface area contributed by atoms with Crippen LogP contribution in [-0.4, -0.2) is 18.1 Å². The average Bonchev–Trinajstić information content (AvgIpc) is 2.86. The first kappa shape index (κ1) is 10.9. The molecule has 0 bridgehead atoms. The summed E-state index contributed by atoms with van der Waals surface area (Å²) >= 11 is 1.72. The van der Waals surface area contributed by atoms with Gasteiger partial charge < -0.3 is 10.6 Å². The van der Waals surface area contributed by atoms with Crippen LogP contribution in [0.3, 0.4) is 0 Å². The van der Waals surface area contributed by atoms with Gasteiger partial charge in [0.25, 0.3) is 0 Å². The molecule has 1 aliphatic heterocycles. The minimum absolute atomic E-state index is 0.0552. The van der Waals surface area contributed by atoms with Gasteiger partial charge in [0.2, 0.25) is 0 Å². The molecular formula is C11H19N3S. The third-order valence-corrected chi connectivity index (χ3v) is 4.03. The van der Waals surface area contributed by atoms with Crippen molar-refractivity contribution < 1.29 is 0 Å². The van der Waals surface area contributed by atoms with Crippen molar-refractivity contribution in [3.05, 3.63) is 11.1 Å². The minimum Gasteiger partial charge on any atom is -0.348 e. The molecule has 84 valence electrons. The lowest BCUT2D eigenvalue weighted by Crippen LogP contribution is -2.19. The smallest absolute Gasteiger partial charge is 0.185 e. The third kappa shape index (κ3) is 2.32. The van der Waals surface area contributed by atoms with Crippen molar-refractivity contribution in [2.45, 2.75) is 32.7 Å². The SMILES string of the molecule is CCC1CCN(c2nc(C(C)N)cs2)C1. The molecule has 0 aliphatic carbocycles. The van der Waals surface area contributed by atoms with Gasteiger partial charge in [-0.3, -0.25) is 0 Å². The Morgan fingerprint density at radius 3 is 3.07 bits per heavy atom. The highest BCUT2D eigenvalue weighted by Gasteiger charge is 2.23. The molecule has 1 saturated heterocycles. The van der Waals surface area contributed by atoms with Crippen molar-refractivity contribution in [2.24, 2.45) is 11.7 Å². The Morgan fingerprint density at radius 1 is 1.73 bits per heavy atom. The first-order valence-electron chi connectivity index (χ1n) is 5.66. The second-order valence-corrected chi connectivity index (χ2v) is 5.19. The second-order valence-electron chi connectivity index (χ2n) is 4.35. The Kier molecular flexibility index (Phi) is 3.26. The third-order valence-electron chi connectivity index (χ3n) is 3.11. The van der Waals surface area contributed by atoms with E-state index in [9.17, 15) is 0 Å². The van der Waals surface area contributed by atoms with Crippen LogP contribution in [0, 0.1) is 5.92 Å². The van der Waals surface area contributed by atoms with Gasteiger partial charge in [-0.1, -0.05) is 13.3 Å². The van der Waals surface area contributed by atoms with E-state index in [1.165, 1.54) is 19.4 Å². The largest absolute Gasteiger partial charge is 0.348 e. The Labute approximate surface area is 95.3 Å². The standard InChI is InChI=1S/C11H19N3S/c1-3-9-4-5-14(6-9)11-13-10(7-15-11)8(2)12/h7-9H,3-6,12H2,1-2H3. The Bertz CT molecular complexity index is 321. The van der Waals surface area contributed by atoms with Gasteiger partial charge in [0.15, 0.2) is 5.13 Å². The molecular weight excluding hydrogens is 206 g/mol. The van der Waals surface area contributed by atoms with Gasteiger partial charge in [0.1, 0.15) is 0 Å². The monoisotopic (exact) mass is 225 g/mol. The van der Waals surface area contributed by atoms with Gasteiger partial charge >= 0.3 is 0 Å². The number of rotatable bonds is 3. The van der Waals surface area contributed by atoms with Crippen LogP contribution in [0.5, 0.6) is 0 Å². The van der Waals surface area contributed by atoms with Gasteiger partial charge in [0.05, 0.1) is 5.69 Å².